The highest BCUT2D eigenvalue weighted by atomic mass is 127. The van der Waals surface area contributed by atoms with E-state index in [4.69, 9.17) is 0 Å². The van der Waals surface area contributed by atoms with E-state index in [9.17, 15) is 5.11 Å². The van der Waals surface area contributed by atoms with Crippen molar-refractivity contribution >= 4 is 29.9 Å². The van der Waals surface area contributed by atoms with Crippen LogP contribution in [-0.2, 0) is 6.54 Å². The van der Waals surface area contributed by atoms with Crippen LogP contribution in [0.25, 0.3) is 0 Å². The van der Waals surface area contributed by atoms with E-state index < -0.39 is 0 Å². The summed E-state index contributed by atoms with van der Waals surface area (Å²) in [4.78, 5) is 9.64. The molecule has 0 amide bonds. The number of guanidine groups is 1. The largest absolute Gasteiger partial charge is 0.392 e. The standard InChI is InChI=1S/C16H28N4O.HI/c1-16(9-5-4-8-14(16)21)12-19-15(17-2)20(3)11-13-7-6-10-18-13;/h6-7,10,14,18,21H,4-5,8-9,11-12H2,1-3H3,(H,17,19);1H. The average Bonchev–Trinajstić information content (AvgIpc) is 2.96. The van der Waals surface area contributed by atoms with Crippen LogP contribution in [0.4, 0.5) is 0 Å². The Morgan fingerprint density at radius 2 is 2.32 bits per heavy atom. The maximum absolute atomic E-state index is 10.3. The normalized spacial score (nSPS) is 25.5. The molecule has 6 heteroatoms. The molecular weight excluding hydrogens is 391 g/mol. The highest BCUT2D eigenvalue weighted by molar-refractivity contribution is 14.0. The number of nitrogens with zero attached hydrogens (tertiary/aromatic N) is 2. The van der Waals surface area contributed by atoms with Crippen LogP contribution in [0.5, 0.6) is 0 Å². The third kappa shape index (κ3) is 4.87. The summed E-state index contributed by atoms with van der Waals surface area (Å²) in [6.45, 7) is 3.71. The molecule has 1 aromatic rings. The highest BCUT2D eigenvalue weighted by Gasteiger charge is 2.35. The van der Waals surface area contributed by atoms with Crippen molar-refractivity contribution in [1.29, 1.82) is 0 Å². The van der Waals surface area contributed by atoms with E-state index in [1.807, 2.05) is 19.3 Å². The minimum absolute atomic E-state index is 0. The van der Waals surface area contributed by atoms with E-state index in [1.165, 1.54) is 6.42 Å². The zero-order chi connectivity index (χ0) is 15.3. The number of hydrogen-bond acceptors (Lipinski definition) is 2. The van der Waals surface area contributed by atoms with E-state index in [2.05, 4.69) is 33.2 Å². The summed E-state index contributed by atoms with van der Waals surface area (Å²) in [6.07, 6.45) is 6.03. The van der Waals surface area contributed by atoms with Crippen molar-refractivity contribution in [3.05, 3.63) is 24.0 Å². The summed E-state index contributed by atoms with van der Waals surface area (Å²) in [5.41, 5.74) is 1.10. The number of halogens is 1. The van der Waals surface area contributed by atoms with Gasteiger partial charge in [0.2, 0.25) is 0 Å². The molecular formula is C16H29IN4O. The van der Waals surface area contributed by atoms with Gasteiger partial charge in [0.15, 0.2) is 5.96 Å². The molecule has 0 spiro atoms. The molecule has 0 bridgehead atoms. The number of aliphatic hydroxyl groups is 1. The van der Waals surface area contributed by atoms with Gasteiger partial charge in [-0.25, -0.2) is 0 Å². The van der Waals surface area contributed by atoms with Crippen LogP contribution in [0.1, 0.15) is 38.3 Å². The maximum atomic E-state index is 10.3. The number of H-pyrrole nitrogens is 1. The quantitative estimate of drug-likeness (QED) is 0.399. The van der Waals surface area contributed by atoms with Crippen LogP contribution < -0.4 is 5.32 Å². The number of aliphatic hydroxyl groups excluding tert-OH is 1. The van der Waals surface area contributed by atoms with Crippen molar-refractivity contribution in [2.45, 2.75) is 45.3 Å². The molecule has 2 unspecified atom stereocenters. The Balaban J connectivity index is 0.00000242. The molecule has 1 aliphatic rings. The fraction of sp³-hybridized carbons (Fsp3) is 0.688. The Kier molecular flexibility index (Phi) is 7.68. The Morgan fingerprint density at radius 3 is 2.91 bits per heavy atom. The van der Waals surface area contributed by atoms with Crippen molar-refractivity contribution in [2.24, 2.45) is 10.4 Å². The number of aliphatic imine (C=N–C) groups is 1. The number of aromatic nitrogens is 1. The van der Waals surface area contributed by atoms with Crippen LogP contribution in [0.2, 0.25) is 0 Å². The lowest BCUT2D eigenvalue weighted by Crippen LogP contribution is -2.48. The predicted molar refractivity (Wildman–Crippen MR) is 102 cm³/mol. The zero-order valence-electron chi connectivity index (χ0n) is 13.8. The molecule has 0 aliphatic heterocycles. The summed E-state index contributed by atoms with van der Waals surface area (Å²) in [7, 11) is 3.82. The van der Waals surface area contributed by atoms with Gasteiger partial charge in [-0.2, -0.15) is 0 Å². The van der Waals surface area contributed by atoms with E-state index in [1.54, 1.807) is 7.05 Å². The van der Waals surface area contributed by atoms with Gasteiger partial charge in [0.1, 0.15) is 0 Å². The summed E-state index contributed by atoms with van der Waals surface area (Å²) in [6, 6.07) is 4.06. The molecule has 1 aromatic heterocycles. The SMILES string of the molecule is CN=C(NCC1(C)CCCCC1O)N(C)Cc1ccc[nH]1.I. The predicted octanol–water partition coefficient (Wildman–Crippen LogP) is 2.58. The lowest BCUT2D eigenvalue weighted by atomic mass is 9.73. The van der Waals surface area contributed by atoms with Crippen LogP contribution in [0.15, 0.2) is 23.3 Å². The molecule has 1 aliphatic carbocycles. The first-order chi connectivity index (χ1) is 10.0. The minimum atomic E-state index is -0.217. The fourth-order valence-electron chi connectivity index (χ4n) is 3.05. The van der Waals surface area contributed by atoms with Crippen LogP contribution in [0.3, 0.4) is 0 Å². The molecule has 1 fully saturated rings. The smallest absolute Gasteiger partial charge is 0.193 e. The number of hydrogen-bond donors (Lipinski definition) is 3. The van der Waals surface area contributed by atoms with Crippen molar-refractivity contribution in [3.63, 3.8) is 0 Å². The third-order valence-corrected chi connectivity index (χ3v) is 4.57. The van der Waals surface area contributed by atoms with Crippen molar-refractivity contribution in [2.75, 3.05) is 20.6 Å². The highest BCUT2D eigenvalue weighted by Crippen LogP contribution is 2.35. The topological polar surface area (TPSA) is 63.7 Å². The molecule has 5 nitrogen and oxygen atoms in total. The molecule has 3 N–H and O–H groups in total. The Bertz CT molecular complexity index is 463. The second-order valence-corrected chi connectivity index (χ2v) is 6.37. The molecule has 22 heavy (non-hydrogen) atoms. The van der Waals surface area contributed by atoms with E-state index in [-0.39, 0.29) is 35.5 Å². The number of rotatable bonds is 4. The molecule has 2 rings (SSSR count). The first-order valence-corrected chi connectivity index (χ1v) is 7.77. The fourth-order valence-corrected chi connectivity index (χ4v) is 3.05. The summed E-state index contributed by atoms with van der Waals surface area (Å²) < 4.78 is 0. The van der Waals surface area contributed by atoms with Gasteiger partial charge in [-0.15, -0.1) is 24.0 Å². The number of aromatic amines is 1. The Morgan fingerprint density at radius 1 is 1.55 bits per heavy atom. The maximum Gasteiger partial charge on any atom is 0.193 e. The summed E-state index contributed by atoms with van der Waals surface area (Å²) in [5.74, 6) is 0.864. The van der Waals surface area contributed by atoms with Gasteiger partial charge in [0.05, 0.1) is 12.6 Å². The summed E-state index contributed by atoms with van der Waals surface area (Å²) in [5, 5.41) is 13.7. The third-order valence-electron chi connectivity index (χ3n) is 4.57. The van der Waals surface area contributed by atoms with Gasteiger partial charge in [0, 0.05) is 37.9 Å². The first-order valence-electron chi connectivity index (χ1n) is 7.77. The van der Waals surface area contributed by atoms with Gasteiger partial charge in [-0.1, -0.05) is 19.8 Å². The minimum Gasteiger partial charge on any atom is -0.392 e. The lowest BCUT2D eigenvalue weighted by molar-refractivity contribution is 0.00369. The van der Waals surface area contributed by atoms with Gasteiger partial charge in [0.25, 0.3) is 0 Å². The lowest BCUT2D eigenvalue weighted by Gasteiger charge is -2.39. The molecule has 1 saturated carbocycles. The molecule has 0 radical (unpaired) electrons. The van der Waals surface area contributed by atoms with Crippen molar-refractivity contribution < 1.29 is 5.11 Å². The van der Waals surface area contributed by atoms with Crippen molar-refractivity contribution in [3.8, 4) is 0 Å². The van der Waals surface area contributed by atoms with Crippen LogP contribution in [0, 0.1) is 5.41 Å². The van der Waals surface area contributed by atoms with Gasteiger partial charge >= 0.3 is 0 Å². The van der Waals surface area contributed by atoms with E-state index in [0.29, 0.717) is 0 Å². The second kappa shape index (κ2) is 8.76. The monoisotopic (exact) mass is 420 g/mol. The van der Waals surface area contributed by atoms with Crippen LogP contribution in [-0.4, -0.2) is 47.7 Å². The first kappa shape index (κ1) is 19.3. The average molecular weight is 420 g/mol. The summed E-state index contributed by atoms with van der Waals surface area (Å²) >= 11 is 0. The zero-order valence-corrected chi connectivity index (χ0v) is 16.1. The molecule has 126 valence electrons. The van der Waals surface area contributed by atoms with E-state index in [0.717, 1.165) is 44.0 Å². The van der Waals surface area contributed by atoms with Crippen molar-refractivity contribution in [1.82, 2.24) is 15.2 Å². The molecule has 0 saturated heterocycles. The number of nitrogens with one attached hydrogen (secondary N) is 2. The molecule has 1 heterocycles. The van der Waals surface area contributed by atoms with Crippen LogP contribution >= 0.6 is 24.0 Å². The molecule has 2 atom stereocenters. The van der Waals surface area contributed by atoms with E-state index >= 15 is 0 Å². The Hall–Kier alpha value is -0.760. The van der Waals surface area contributed by atoms with Gasteiger partial charge in [-0.3, -0.25) is 4.99 Å². The second-order valence-electron chi connectivity index (χ2n) is 6.37. The van der Waals surface area contributed by atoms with Gasteiger partial charge < -0.3 is 20.3 Å². The molecule has 0 aromatic carbocycles. The Labute approximate surface area is 150 Å². The van der Waals surface area contributed by atoms with Gasteiger partial charge in [-0.05, 0) is 25.0 Å².